The molecule has 3 aromatic carbocycles. The van der Waals surface area contributed by atoms with Crippen LogP contribution in [0.2, 0.25) is 0 Å². The predicted molar refractivity (Wildman–Crippen MR) is 111 cm³/mol. The SMILES string of the molecule is Cc1ccccc1C(=O)Oc1ccc2c(c1)OC(=CC=Cc1ccccc1)C2=O. The number of ether oxygens (including phenoxy) is 2. The fourth-order valence-electron chi connectivity index (χ4n) is 3.02. The van der Waals surface area contributed by atoms with Crippen LogP contribution in [0.25, 0.3) is 6.08 Å². The fraction of sp³-hybridized carbons (Fsp3) is 0.0400. The third-order valence-corrected chi connectivity index (χ3v) is 4.55. The number of carbonyl (C=O) groups excluding carboxylic acids is 2. The smallest absolute Gasteiger partial charge is 0.343 e. The first kappa shape index (κ1) is 18.4. The molecule has 1 aliphatic rings. The van der Waals surface area contributed by atoms with Crippen LogP contribution in [-0.2, 0) is 0 Å². The standard InChI is InChI=1S/C25H18O4/c1-17-8-5-6-12-20(17)25(27)28-19-14-15-21-23(16-19)29-22(24(21)26)13-7-11-18-9-3-2-4-10-18/h2-16H,1H3. The summed E-state index contributed by atoms with van der Waals surface area (Å²) < 4.78 is 11.1. The van der Waals surface area contributed by atoms with Crippen molar-refractivity contribution in [2.24, 2.45) is 0 Å². The van der Waals surface area contributed by atoms with Crippen LogP contribution in [0, 0.1) is 6.92 Å². The number of ketones is 1. The highest BCUT2D eigenvalue weighted by molar-refractivity contribution is 6.12. The van der Waals surface area contributed by atoms with Gasteiger partial charge < -0.3 is 9.47 Å². The zero-order valence-electron chi connectivity index (χ0n) is 15.8. The lowest BCUT2D eigenvalue weighted by Crippen LogP contribution is -2.10. The van der Waals surface area contributed by atoms with Gasteiger partial charge in [-0.15, -0.1) is 0 Å². The van der Waals surface area contributed by atoms with Gasteiger partial charge >= 0.3 is 5.97 Å². The van der Waals surface area contributed by atoms with Gasteiger partial charge in [-0.25, -0.2) is 4.79 Å². The summed E-state index contributed by atoms with van der Waals surface area (Å²) in [6.07, 6.45) is 5.30. The summed E-state index contributed by atoms with van der Waals surface area (Å²) >= 11 is 0. The summed E-state index contributed by atoms with van der Waals surface area (Å²) in [7, 11) is 0. The van der Waals surface area contributed by atoms with Crippen molar-refractivity contribution in [2.45, 2.75) is 6.92 Å². The van der Waals surface area contributed by atoms with Crippen LogP contribution in [0.3, 0.4) is 0 Å². The van der Waals surface area contributed by atoms with Crippen molar-refractivity contribution in [3.63, 3.8) is 0 Å². The van der Waals surface area contributed by atoms with Crippen molar-refractivity contribution in [1.82, 2.24) is 0 Å². The molecule has 1 aliphatic heterocycles. The topological polar surface area (TPSA) is 52.6 Å². The third-order valence-electron chi connectivity index (χ3n) is 4.55. The third kappa shape index (κ3) is 4.01. The Kier molecular flexibility index (Phi) is 5.08. The minimum Gasteiger partial charge on any atom is -0.452 e. The molecule has 0 bridgehead atoms. The maximum Gasteiger partial charge on any atom is 0.343 e. The molecular weight excluding hydrogens is 364 g/mol. The molecule has 29 heavy (non-hydrogen) atoms. The van der Waals surface area contributed by atoms with Gasteiger partial charge in [-0.05, 0) is 42.3 Å². The van der Waals surface area contributed by atoms with Gasteiger partial charge in [0.05, 0.1) is 11.1 Å². The Bertz CT molecular complexity index is 1140. The maximum absolute atomic E-state index is 12.5. The number of Topliss-reactive ketones (excluding diaryl/α,β-unsaturated/α-hetero) is 1. The summed E-state index contributed by atoms with van der Waals surface area (Å²) in [5, 5.41) is 0. The first-order valence-electron chi connectivity index (χ1n) is 9.19. The van der Waals surface area contributed by atoms with E-state index < -0.39 is 5.97 Å². The Balaban J connectivity index is 1.50. The monoisotopic (exact) mass is 382 g/mol. The van der Waals surface area contributed by atoms with Crippen LogP contribution in [0.15, 0.2) is 90.7 Å². The molecule has 3 aromatic rings. The molecule has 0 spiro atoms. The first-order chi connectivity index (χ1) is 14.1. The Hall–Kier alpha value is -3.92. The van der Waals surface area contributed by atoms with Crippen molar-refractivity contribution in [1.29, 1.82) is 0 Å². The Morgan fingerprint density at radius 1 is 0.966 bits per heavy atom. The van der Waals surface area contributed by atoms with Gasteiger partial charge in [0.15, 0.2) is 5.76 Å². The summed E-state index contributed by atoms with van der Waals surface area (Å²) in [5.74, 6) is 0.285. The Morgan fingerprint density at radius 3 is 2.52 bits per heavy atom. The van der Waals surface area contributed by atoms with E-state index in [1.54, 1.807) is 42.5 Å². The van der Waals surface area contributed by atoms with E-state index in [0.717, 1.165) is 11.1 Å². The molecule has 0 N–H and O–H groups in total. The maximum atomic E-state index is 12.5. The van der Waals surface area contributed by atoms with Gasteiger partial charge in [-0.2, -0.15) is 0 Å². The molecule has 0 aromatic heterocycles. The number of benzene rings is 3. The van der Waals surface area contributed by atoms with Crippen molar-refractivity contribution in [3.05, 3.63) is 113 Å². The number of allylic oxidation sites excluding steroid dienone is 3. The van der Waals surface area contributed by atoms with Crippen LogP contribution in [0.4, 0.5) is 0 Å². The van der Waals surface area contributed by atoms with Crippen molar-refractivity contribution < 1.29 is 19.1 Å². The van der Waals surface area contributed by atoms with E-state index >= 15 is 0 Å². The molecule has 0 aliphatic carbocycles. The van der Waals surface area contributed by atoms with E-state index in [4.69, 9.17) is 9.47 Å². The summed E-state index contributed by atoms with van der Waals surface area (Å²) in [5.41, 5.74) is 2.80. The van der Waals surface area contributed by atoms with Crippen molar-refractivity contribution in [3.8, 4) is 11.5 Å². The molecule has 4 rings (SSSR count). The number of rotatable bonds is 4. The zero-order valence-corrected chi connectivity index (χ0v) is 15.8. The Labute approximate surface area is 168 Å². The molecule has 0 radical (unpaired) electrons. The van der Waals surface area contributed by atoms with E-state index in [1.165, 1.54) is 0 Å². The van der Waals surface area contributed by atoms with Crippen LogP contribution in [0.1, 0.15) is 31.8 Å². The molecule has 0 atom stereocenters. The lowest BCUT2D eigenvalue weighted by molar-refractivity contribution is 0.0733. The lowest BCUT2D eigenvalue weighted by atomic mass is 10.1. The second kappa shape index (κ2) is 7.98. The van der Waals surface area contributed by atoms with E-state index in [1.807, 2.05) is 55.5 Å². The summed E-state index contributed by atoms with van der Waals surface area (Å²) in [6.45, 7) is 1.85. The fourth-order valence-corrected chi connectivity index (χ4v) is 3.02. The predicted octanol–water partition coefficient (Wildman–Crippen LogP) is 5.39. The molecule has 1 heterocycles. The minimum absolute atomic E-state index is 0.200. The van der Waals surface area contributed by atoms with Crippen molar-refractivity contribution >= 4 is 17.8 Å². The van der Waals surface area contributed by atoms with Crippen LogP contribution in [-0.4, -0.2) is 11.8 Å². The lowest BCUT2D eigenvalue weighted by Gasteiger charge is -2.07. The van der Waals surface area contributed by atoms with Gasteiger partial charge in [-0.1, -0.05) is 60.7 Å². The normalized spacial score (nSPS) is 14.1. The highest BCUT2D eigenvalue weighted by Crippen LogP contribution is 2.34. The van der Waals surface area contributed by atoms with Crippen LogP contribution >= 0.6 is 0 Å². The molecule has 4 heteroatoms. The number of esters is 1. The number of hydrogen-bond donors (Lipinski definition) is 0. The molecule has 0 fully saturated rings. The number of hydrogen-bond acceptors (Lipinski definition) is 4. The van der Waals surface area contributed by atoms with Gasteiger partial charge in [0, 0.05) is 6.07 Å². The zero-order chi connectivity index (χ0) is 20.2. The molecule has 0 unspecified atom stereocenters. The van der Waals surface area contributed by atoms with E-state index in [0.29, 0.717) is 22.6 Å². The molecule has 0 amide bonds. The number of fused-ring (bicyclic) bond motifs is 1. The molecule has 4 nitrogen and oxygen atoms in total. The molecular formula is C25H18O4. The second-order valence-electron chi connectivity index (χ2n) is 6.59. The number of aryl methyl sites for hydroxylation is 1. The Morgan fingerprint density at radius 2 is 1.72 bits per heavy atom. The first-order valence-corrected chi connectivity index (χ1v) is 9.19. The average Bonchev–Trinajstić information content (AvgIpc) is 3.04. The largest absolute Gasteiger partial charge is 0.452 e. The van der Waals surface area contributed by atoms with Gasteiger partial charge in [0.2, 0.25) is 5.78 Å². The molecule has 0 saturated carbocycles. The van der Waals surface area contributed by atoms with Crippen LogP contribution in [0.5, 0.6) is 11.5 Å². The van der Waals surface area contributed by atoms with E-state index in [9.17, 15) is 9.59 Å². The molecule has 142 valence electrons. The minimum atomic E-state index is -0.450. The highest BCUT2D eigenvalue weighted by atomic mass is 16.5. The van der Waals surface area contributed by atoms with Crippen LogP contribution < -0.4 is 9.47 Å². The number of carbonyl (C=O) groups is 2. The second-order valence-corrected chi connectivity index (χ2v) is 6.59. The van der Waals surface area contributed by atoms with E-state index in [2.05, 4.69) is 0 Å². The van der Waals surface area contributed by atoms with Crippen molar-refractivity contribution in [2.75, 3.05) is 0 Å². The molecule has 0 saturated heterocycles. The summed E-state index contributed by atoms with van der Waals surface area (Å²) in [4.78, 5) is 24.9. The van der Waals surface area contributed by atoms with Gasteiger partial charge in [0.25, 0.3) is 0 Å². The average molecular weight is 382 g/mol. The van der Waals surface area contributed by atoms with Gasteiger partial charge in [-0.3, -0.25) is 4.79 Å². The van der Waals surface area contributed by atoms with Gasteiger partial charge in [0.1, 0.15) is 11.5 Å². The summed E-state index contributed by atoms with van der Waals surface area (Å²) in [6, 6.07) is 21.7. The quantitative estimate of drug-likeness (QED) is 0.345. The highest BCUT2D eigenvalue weighted by Gasteiger charge is 2.27. The van der Waals surface area contributed by atoms with E-state index in [-0.39, 0.29) is 11.5 Å².